The molecule has 0 saturated carbocycles. The largest absolute Gasteiger partial charge is 0.478 e. The van der Waals surface area contributed by atoms with Crippen LogP contribution in [0.1, 0.15) is 31.2 Å². The van der Waals surface area contributed by atoms with E-state index in [4.69, 9.17) is 4.74 Å². The molecule has 0 aliphatic carbocycles. The number of benzene rings is 1. The third-order valence-corrected chi connectivity index (χ3v) is 4.46. The summed E-state index contributed by atoms with van der Waals surface area (Å²) >= 11 is 0. The van der Waals surface area contributed by atoms with Gasteiger partial charge in [0.05, 0.1) is 0 Å². The molecule has 2 fully saturated rings. The molecule has 2 saturated heterocycles. The highest BCUT2D eigenvalue weighted by Crippen LogP contribution is 2.38. The van der Waals surface area contributed by atoms with Crippen molar-refractivity contribution in [2.75, 3.05) is 0 Å². The number of carboxylic acid groups (broad SMARTS) is 1. The number of hydrogen-bond donors (Lipinski definition) is 1. The highest BCUT2D eigenvalue weighted by Gasteiger charge is 2.63. The van der Waals surface area contributed by atoms with Gasteiger partial charge in [-0.2, -0.15) is 0 Å². The Balaban J connectivity index is 1.90. The number of carbonyl (C=O) groups is 5. The van der Waals surface area contributed by atoms with Gasteiger partial charge in [-0.3, -0.25) is 14.4 Å². The summed E-state index contributed by atoms with van der Waals surface area (Å²) in [6, 6.07) is 8.62. The molecular weight excluding hydrogens is 344 g/mol. The molecule has 9 nitrogen and oxygen atoms in total. The lowest BCUT2D eigenvalue weighted by molar-refractivity contribution is -0.174. The van der Waals surface area contributed by atoms with E-state index < -0.39 is 35.4 Å². The topological polar surface area (TPSA) is 121 Å². The summed E-state index contributed by atoms with van der Waals surface area (Å²) < 4.78 is 5.07. The number of amides is 4. The molecule has 2 aliphatic rings. The molecule has 4 amide bonds. The van der Waals surface area contributed by atoms with Gasteiger partial charge in [0, 0.05) is 25.7 Å². The first kappa shape index (κ1) is 17.6. The molecule has 0 spiro atoms. The fraction of sp³-hybridized carbons (Fsp3) is 0.353. The molecule has 0 aromatic heterocycles. The zero-order valence-corrected chi connectivity index (χ0v) is 13.7. The summed E-state index contributed by atoms with van der Waals surface area (Å²) in [6.45, 7) is -0.180. The maximum absolute atomic E-state index is 12.5. The molecule has 3 rings (SSSR count). The van der Waals surface area contributed by atoms with E-state index in [9.17, 15) is 29.1 Å². The fourth-order valence-corrected chi connectivity index (χ4v) is 3.25. The van der Waals surface area contributed by atoms with Crippen molar-refractivity contribution in [1.82, 2.24) is 9.80 Å². The first-order chi connectivity index (χ1) is 12.4. The van der Waals surface area contributed by atoms with Gasteiger partial charge in [-0.25, -0.2) is 19.4 Å². The van der Waals surface area contributed by atoms with Crippen LogP contribution >= 0.6 is 0 Å². The van der Waals surface area contributed by atoms with E-state index in [1.54, 1.807) is 30.3 Å². The van der Waals surface area contributed by atoms with Crippen molar-refractivity contribution in [3.8, 4) is 0 Å². The van der Waals surface area contributed by atoms with E-state index in [1.165, 1.54) is 0 Å². The van der Waals surface area contributed by atoms with Crippen LogP contribution in [0.15, 0.2) is 30.3 Å². The third-order valence-electron chi connectivity index (χ3n) is 4.46. The number of nitrogens with zero attached hydrogens (tertiary/aromatic N) is 2. The SMILES string of the molecule is O=C1CCC(=O)N1[C@@]1(C(=O)O)CCC(=O)N1C(=O)OCc1ccccc1. The first-order valence-electron chi connectivity index (χ1n) is 8.01. The molecule has 0 bridgehead atoms. The van der Waals surface area contributed by atoms with Crippen LogP contribution in [0.25, 0.3) is 0 Å². The molecule has 1 atom stereocenters. The highest BCUT2D eigenvalue weighted by molar-refractivity contribution is 6.10. The Kier molecular flexibility index (Phi) is 4.45. The van der Waals surface area contributed by atoms with Crippen LogP contribution in [0.2, 0.25) is 0 Å². The van der Waals surface area contributed by atoms with Crippen LogP contribution in [0.3, 0.4) is 0 Å². The minimum absolute atomic E-state index is 0.158. The Bertz CT molecular complexity index is 776. The van der Waals surface area contributed by atoms with Crippen molar-refractivity contribution >= 4 is 29.8 Å². The van der Waals surface area contributed by atoms with Crippen LogP contribution in [0, 0.1) is 0 Å². The van der Waals surface area contributed by atoms with Crippen molar-refractivity contribution in [2.45, 2.75) is 38.0 Å². The molecule has 2 aliphatic heterocycles. The second kappa shape index (κ2) is 6.58. The summed E-state index contributed by atoms with van der Waals surface area (Å²) in [6.07, 6.45) is -2.17. The second-order valence-corrected chi connectivity index (χ2v) is 6.01. The van der Waals surface area contributed by atoms with Crippen molar-refractivity contribution in [3.63, 3.8) is 0 Å². The van der Waals surface area contributed by atoms with Crippen LogP contribution in [-0.4, -0.2) is 50.4 Å². The molecule has 1 aromatic carbocycles. The van der Waals surface area contributed by atoms with Gasteiger partial charge in [-0.15, -0.1) is 0 Å². The van der Waals surface area contributed by atoms with Crippen LogP contribution in [-0.2, 0) is 30.5 Å². The smallest absolute Gasteiger partial charge is 0.419 e. The zero-order valence-electron chi connectivity index (χ0n) is 13.7. The van der Waals surface area contributed by atoms with Crippen LogP contribution in [0.4, 0.5) is 4.79 Å². The number of aliphatic carboxylic acids is 1. The Hall–Kier alpha value is -3.23. The summed E-state index contributed by atoms with van der Waals surface area (Å²) in [5, 5.41) is 9.73. The van der Waals surface area contributed by atoms with Gasteiger partial charge >= 0.3 is 12.1 Å². The standard InChI is InChI=1S/C17H16N2O7/c20-12-6-7-13(21)18(12)17(15(23)24)9-8-14(22)19(17)16(25)26-10-11-4-2-1-3-5-11/h1-5H,6-10H2,(H,23,24)/t17-/m0/s1. The minimum atomic E-state index is -2.37. The average molecular weight is 360 g/mol. The van der Waals surface area contributed by atoms with Gasteiger partial charge in [-0.1, -0.05) is 30.3 Å². The number of carboxylic acids is 1. The van der Waals surface area contributed by atoms with Gasteiger partial charge in [0.25, 0.3) is 0 Å². The third kappa shape index (κ3) is 2.71. The summed E-state index contributed by atoms with van der Waals surface area (Å²) in [7, 11) is 0. The maximum Gasteiger partial charge on any atom is 0.419 e. The van der Waals surface area contributed by atoms with E-state index in [0.29, 0.717) is 15.4 Å². The van der Waals surface area contributed by atoms with Gasteiger partial charge in [0.1, 0.15) is 6.61 Å². The highest BCUT2D eigenvalue weighted by atomic mass is 16.6. The number of likely N-dealkylation sites (tertiary alicyclic amines) is 2. The number of carbonyl (C=O) groups excluding carboxylic acids is 4. The second-order valence-electron chi connectivity index (χ2n) is 6.01. The summed E-state index contributed by atoms with van der Waals surface area (Å²) in [5.74, 6) is -3.89. The Morgan fingerprint density at radius 3 is 2.19 bits per heavy atom. The number of ether oxygens (including phenoxy) is 1. The Morgan fingerprint density at radius 1 is 1.00 bits per heavy atom. The summed E-state index contributed by atoms with van der Waals surface area (Å²) in [5.41, 5.74) is -1.73. The van der Waals surface area contributed by atoms with E-state index in [0.717, 1.165) is 0 Å². The van der Waals surface area contributed by atoms with E-state index in [1.807, 2.05) is 0 Å². The lowest BCUT2D eigenvalue weighted by atomic mass is 10.1. The van der Waals surface area contributed by atoms with Gasteiger partial charge in [0.15, 0.2) is 0 Å². The Labute approximate surface area is 148 Å². The van der Waals surface area contributed by atoms with Crippen molar-refractivity contribution in [3.05, 3.63) is 35.9 Å². The molecule has 2 heterocycles. The van der Waals surface area contributed by atoms with Gasteiger partial charge in [0.2, 0.25) is 23.4 Å². The predicted molar refractivity (Wildman–Crippen MR) is 84.2 cm³/mol. The number of rotatable bonds is 4. The van der Waals surface area contributed by atoms with Crippen molar-refractivity contribution in [2.24, 2.45) is 0 Å². The molecule has 0 radical (unpaired) electrons. The minimum Gasteiger partial charge on any atom is -0.478 e. The average Bonchev–Trinajstić information content (AvgIpc) is 3.14. The lowest BCUT2D eigenvalue weighted by Crippen LogP contribution is -2.66. The molecule has 9 heteroatoms. The normalized spacial score (nSPS) is 22.8. The Morgan fingerprint density at radius 2 is 1.62 bits per heavy atom. The first-order valence-corrected chi connectivity index (χ1v) is 8.01. The van der Waals surface area contributed by atoms with Crippen LogP contribution in [0.5, 0.6) is 0 Å². The van der Waals surface area contributed by atoms with Gasteiger partial charge in [-0.05, 0) is 5.56 Å². The monoisotopic (exact) mass is 360 g/mol. The van der Waals surface area contributed by atoms with Crippen LogP contribution < -0.4 is 0 Å². The lowest BCUT2D eigenvalue weighted by Gasteiger charge is -2.38. The van der Waals surface area contributed by atoms with E-state index in [2.05, 4.69) is 0 Å². The maximum atomic E-state index is 12.5. The number of hydrogen-bond acceptors (Lipinski definition) is 6. The quantitative estimate of drug-likeness (QED) is 0.791. The predicted octanol–water partition coefficient (Wildman–Crippen LogP) is 0.875. The molecular formula is C17H16N2O7. The van der Waals surface area contributed by atoms with Crippen molar-refractivity contribution < 1.29 is 33.8 Å². The summed E-state index contributed by atoms with van der Waals surface area (Å²) in [4.78, 5) is 61.8. The molecule has 26 heavy (non-hydrogen) atoms. The molecule has 0 unspecified atom stereocenters. The molecule has 1 N–H and O–H groups in total. The number of imide groups is 2. The molecule has 136 valence electrons. The van der Waals surface area contributed by atoms with E-state index >= 15 is 0 Å². The zero-order chi connectivity index (χ0) is 18.9. The molecule has 1 aromatic rings. The van der Waals surface area contributed by atoms with Gasteiger partial charge < -0.3 is 9.84 Å². The van der Waals surface area contributed by atoms with Crippen molar-refractivity contribution in [1.29, 1.82) is 0 Å². The van der Waals surface area contributed by atoms with E-state index in [-0.39, 0.29) is 32.3 Å². The fourth-order valence-electron chi connectivity index (χ4n) is 3.25.